The molecule has 0 aromatic carbocycles. The van der Waals surface area contributed by atoms with Gasteiger partial charge in [-0.15, -0.1) is 0 Å². The van der Waals surface area contributed by atoms with Gasteiger partial charge >= 0.3 is 0 Å². The molecule has 0 saturated heterocycles. The summed E-state index contributed by atoms with van der Waals surface area (Å²) in [6.07, 6.45) is -1.47. The second kappa shape index (κ2) is 4.12. The predicted molar refractivity (Wildman–Crippen MR) is 50.8 cm³/mol. The molecule has 0 aliphatic carbocycles. The molecule has 2 N–H and O–H groups in total. The Balaban J connectivity index is 3.51. The lowest BCUT2D eigenvalue weighted by Crippen LogP contribution is -2.14. The van der Waals surface area contributed by atoms with Crippen molar-refractivity contribution in [2.75, 3.05) is 6.26 Å². The number of nitrogens with zero attached hydrogens (tertiary/aromatic N) is 1. The van der Waals surface area contributed by atoms with Crippen LogP contribution in [0.3, 0.4) is 0 Å². The number of pyridine rings is 1. The summed E-state index contributed by atoms with van der Waals surface area (Å²) < 4.78 is 47.3. The number of primary amides is 1. The van der Waals surface area contributed by atoms with Gasteiger partial charge in [0.05, 0.1) is 10.5 Å². The van der Waals surface area contributed by atoms with Crippen molar-refractivity contribution in [3.63, 3.8) is 0 Å². The molecule has 0 spiro atoms. The minimum Gasteiger partial charge on any atom is -0.366 e. The maximum Gasteiger partial charge on any atom is 0.281 e. The van der Waals surface area contributed by atoms with Gasteiger partial charge in [-0.3, -0.25) is 9.78 Å². The van der Waals surface area contributed by atoms with Crippen LogP contribution in [-0.2, 0) is 9.84 Å². The lowest BCUT2D eigenvalue weighted by atomic mass is 10.2. The molecule has 0 fully saturated rings. The second-order valence-corrected chi connectivity index (χ2v) is 5.03. The van der Waals surface area contributed by atoms with Crippen molar-refractivity contribution in [3.05, 3.63) is 23.5 Å². The van der Waals surface area contributed by atoms with E-state index < -0.39 is 32.8 Å². The number of carbonyl (C=O) groups is 1. The highest BCUT2D eigenvalue weighted by Gasteiger charge is 2.23. The predicted octanol–water partition coefficient (Wildman–Crippen LogP) is 0.522. The Morgan fingerprint density at radius 2 is 2.06 bits per heavy atom. The zero-order valence-corrected chi connectivity index (χ0v) is 8.96. The molecule has 1 rings (SSSR count). The Labute approximate surface area is 90.2 Å². The molecular weight excluding hydrogens is 242 g/mol. The Hall–Kier alpha value is -1.57. The zero-order valence-electron chi connectivity index (χ0n) is 8.15. The number of nitrogens with two attached hydrogens (primary N) is 1. The third kappa shape index (κ3) is 2.51. The van der Waals surface area contributed by atoms with Crippen molar-refractivity contribution < 1.29 is 22.0 Å². The van der Waals surface area contributed by atoms with E-state index in [2.05, 4.69) is 4.98 Å². The van der Waals surface area contributed by atoms with Gasteiger partial charge in [0.15, 0.2) is 9.84 Å². The highest BCUT2D eigenvalue weighted by Crippen LogP contribution is 2.24. The van der Waals surface area contributed by atoms with E-state index in [1.807, 2.05) is 0 Å². The largest absolute Gasteiger partial charge is 0.366 e. The molecule has 0 aliphatic heterocycles. The molecule has 8 heteroatoms. The fourth-order valence-electron chi connectivity index (χ4n) is 1.05. The van der Waals surface area contributed by atoms with E-state index in [-0.39, 0.29) is 5.56 Å². The third-order valence-corrected chi connectivity index (χ3v) is 2.90. The normalized spacial score (nSPS) is 11.8. The molecule has 1 aromatic rings. The number of hydrogen-bond acceptors (Lipinski definition) is 4. The summed E-state index contributed by atoms with van der Waals surface area (Å²) in [5.74, 6) is -0.932. The maximum absolute atomic E-state index is 12.4. The summed E-state index contributed by atoms with van der Waals surface area (Å²) in [5, 5.41) is 0. The number of alkyl halides is 2. The second-order valence-electron chi connectivity index (χ2n) is 3.04. The van der Waals surface area contributed by atoms with Crippen molar-refractivity contribution in [1.29, 1.82) is 0 Å². The molecule has 0 atom stereocenters. The topological polar surface area (TPSA) is 90.1 Å². The Morgan fingerprint density at radius 3 is 2.44 bits per heavy atom. The molecule has 88 valence electrons. The minimum atomic E-state index is -3.88. The van der Waals surface area contributed by atoms with E-state index in [9.17, 15) is 22.0 Å². The van der Waals surface area contributed by atoms with E-state index >= 15 is 0 Å². The van der Waals surface area contributed by atoms with Crippen LogP contribution in [0, 0.1) is 0 Å². The van der Waals surface area contributed by atoms with Gasteiger partial charge < -0.3 is 5.73 Å². The van der Waals surface area contributed by atoms with Gasteiger partial charge in [0.1, 0.15) is 5.69 Å². The molecular formula is C8H8F2N2O3S. The van der Waals surface area contributed by atoms with Crippen LogP contribution in [0.2, 0.25) is 0 Å². The van der Waals surface area contributed by atoms with Crippen LogP contribution in [0.15, 0.2) is 17.2 Å². The minimum absolute atomic E-state index is 0.232. The van der Waals surface area contributed by atoms with E-state index in [0.717, 1.165) is 18.5 Å². The fourth-order valence-corrected chi connectivity index (χ4v) is 1.91. The van der Waals surface area contributed by atoms with Gasteiger partial charge in [0, 0.05) is 12.5 Å². The maximum atomic E-state index is 12.4. The average molecular weight is 250 g/mol. The van der Waals surface area contributed by atoms with E-state index in [1.54, 1.807) is 0 Å². The summed E-state index contributed by atoms with van der Waals surface area (Å²) >= 11 is 0. The summed E-state index contributed by atoms with van der Waals surface area (Å²) in [7, 11) is -3.88. The van der Waals surface area contributed by atoms with Gasteiger partial charge in [0.2, 0.25) is 5.91 Å². The number of aromatic nitrogens is 1. The van der Waals surface area contributed by atoms with Gasteiger partial charge in [-0.05, 0) is 6.07 Å². The molecule has 0 unspecified atom stereocenters. The summed E-state index contributed by atoms with van der Waals surface area (Å²) in [4.78, 5) is 13.3. The van der Waals surface area contributed by atoms with Crippen LogP contribution in [0.4, 0.5) is 8.78 Å². The SMILES string of the molecule is CS(=O)(=O)c1cc(C(N)=O)cnc1C(F)F. The number of rotatable bonds is 3. The molecule has 1 heterocycles. The Bertz CT molecular complexity index is 528. The smallest absolute Gasteiger partial charge is 0.281 e. The third-order valence-electron chi connectivity index (χ3n) is 1.77. The Morgan fingerprint density at radius 1 is 1.50 bits per heavy atom. The fraction of sp³-hybridized carbons (Fsp3) is 0.250. The van der Waals surface area contributed by atoms with Gasteiger partial charge in [0.25, 0.3) is 6.43 Å². The molecule has 1 amide bonds. The number of carbonyl (C=O) groups excluding carboxylic acids is 1. The van der Waals surface area contributed by atoms with Crippen LogP contribution in [-0.4, -0.2) is 25.6 Å². The first-order chi connectivity index (χ1) is 7.23. The molecule has 16 heavy (non-hydrogen) atoms. The van der Waals surface area contributed by atoms with Crippen molar-refractivity contribution >= 4 is 15.7 Å². The molecule has 1 aromatic heterocycles. The molecule has 0 aliphatic rings. The first-order valence-corrected chi connectivity index (χ1v) is 5.90. The van der Waals surface area contributed by atoms with Crippen LogP contribution < -0.4 is 5.73 Å². The van der Waals surface area contributed by atoms with E-state index in [4.69, 9.17) is 5.73 Å². The van der Waals surface area contributed by atoms with Crippen molar-refractivity contribution in [2.45, 2.75) is 11.3 Å². The van der Waals surface area contributed by atoms with Crippen molar-refractivity contribution in [2.24, 2.45) is 5.73 Å². The number of halogens is 2. The van der Waals surface area contributed by atoms with Gasteiger partial charge in [-0.1, -0.05) is 0 Å². The molecule has 0 saturated carbocycles. The first kappa shape index (κ1) is 12.5. The monoisotopic (exact) mass is 250 g/mol. The lowest BCUT2D eigenvalue weighted by Gasteiger charge is -2.06. The molecule has 0 radical (unpaired) electrons. The van der Waals surface area contributed by atoms with Crippen molar-refractivity contribution in [3.8, 4) is 0 Å². The highest BCUT2D eigenvalue weighted by molar-refractivity contribution is 7.90. The average Bonchev–Trinajstić information content (AvgIpc) is 2.15. The summed E-state index contributed by atoms with van der Waals surface area (Å²) in [6, 6.07) is 0.798. The van der Waals surface area contributed by atoms with Crippen LogP contribution >= 0.6 is 0 Å². The summed E-state index contributed by atoms with van der Waals surface area (Å²) in [6.45, 7) is 0. The van der Waals surface area contributed by atoms with Crippen molar-refractivity contribution in [1.82, 2.24) is 4.98 Å². The van der Waals surface area contributed by atoms with Crippen LogP contribution in [0.5, 0.6) is 0 Å². The summed E-state index contributed by atoms with van der Waals surface area (Å²) in [5.41, 5.74) is 3.78. The number of sulfone groups is 1. The standard InChI is InChI=1S/C8H8F2N2O3S/c1-16(14,15)5-2-4(8(11)13)3-12-6(5)7(9)10/h2-3,7H,1H3,(H2,11,13). The lowest BCUT2D eigenvalue weighted by molar-refractivity contribution is 0.0998. The highest BCUT2D eigenvalue weighted by atomic mass is 32.2. The zero-order chi connectivity index (χ0) is 12.5. The van der Waals surface area contributed by atoms with Gasteiger partial charge in [-0.25, -0.2) is 17.2 Å². The first-order valence-electron chi connectivity index (χ1n) is 4.01. The Kier molecular flexibility index (Phi) is 3.22. The van der Waals surface area contributed by atoms with Crippen LogP contribution in [0.1, 0.15) is 22.5 Å². The quantitative estimate of drug-likeness (QED) is 0.846. The number of amides is 1. The van der Waals surface area contributed by atoms with E-state index in [0.29, 0.717) is 0 Å². The molecule has 0 bridgehead atoms. The van der Waals surface area contributed by atoms with Gasteiger partial charge in [-0.2, -0.15) is 0 Å². The molecule has 5 nitrogen and oxygen atoms in total. The van der Waals surface area contributed by atoms with E-state index in [1.165, 1.54) is 0 Å². The van der Waals surface area contributed by atoms with Crippen LogP contribution in [0.25, 0.3) is 0 Å². The number of hydrogen-bond donors (Lipinski definition) is 1.